The highest BCUT2D eigenvalue weighted by Crippen LogP contribution is 2.17. The second-order valence-electron chi connectivity index (χ2n) is 7.83. The summed E-state index contributed by atoms with van der Waals surface area (Å²) in [6.45, 7) is 3.26. The third-order valence-corrected chi connectivity index (χ3v) is 5.09. The highest BCUT2D eigenvalue weighted by atomic mass is 19.1. The molecule has 0 aliphatic heterocycles. The van der Waals surface area contributed by atoms with E-state index in [4.69, 9.17) is 9.47 Å². The first kappa shape index (κ1) is 25.0. The zero-order valence-electron chi connectivity index (χ0n) is 19.3. The fourth-order valence-corrected chi connectivity index (χ4v) is 3.48. The second kappa shape index (κ2) is 11.5. The zero-order valence-corrected chi connectivity index (χ0v) is 19.3. The van der Waals surface area contributed by atoms with Gasteiger partial charge in [-0.2, -0.15) is 0 Å². The van der Waals surface area contributed by atoms with Crippen LogP contribution in [-0.4, -0.2) is 43.9 Å². The van der Waals surface area contributed by atoms with Crippen LogP contribution in [0, 0.1) is 5.82 Å². The van der Waals surface area contributed by atoms with Crippen molar-refractivity contribution in [2.45, 2.75) is 52.4 Å². The molecule has 10 heteroatoms. The SMILES string of the molecule is COC(=O)c1cc(CCCc2nnc(C(C)O)n2Cc2ccc(F)cc2)nc(COC(C)=O)c1. The number of carbonyl (C=O) groups is 2. The summed E-state index contributed by atoms with van der Waals surface area (Å²) in [5, 5.41) is 18.5. The fraction of sp³-hybridized carbons (Fsp3) is 0.375. The van der Waals surface area contributed by atoms with Crippen molar-refractivity contribution >= 4 is 11.9 Å². The first-order chi connectivity index (χ1) is 16.3. The Kier molecular flexibility index (Phi) is 8.42. The molecule has 3 aromatic rings. The van der Waals surface area contributed by atoms with E-state index >= 15 is 0 Å². The molecule has 0 amide bonds. The number of rotatable bonds is 10. The molecular formula is C24H27FN4O5. The number of benzene rings is 1. The summed E-state index contributed by atoms with van der Waals surface area (Å²) in [4.78, 5) is 27.7. The topological polar surface area (TPSA) is 116 Å². The Morgan fingerprint density at radius 3 is 2.47 bits per heavy atom. The Labute approximate surface area is 196 Å². The second-order valence-corrected chi connectivity index (χ2v) is 7.83. The molecule has 1 aromatic carbocycles. The van der Waals surface area contributed by atoms with Gasteiger partial charge in [0.1, 0.15) is 24.4 Å². The zero-order chi connectivity index (χ0) is 24.7. The normalized spacial score (nSPS) is 11.8. The molecule has 0 fully saturated rings. The maximum absolute atomic E-state index is 13.3. The molecule has 9 nitrogen and oxygen atoms in total. The summed E-state index contributed by atoms with van der Waals surface area (Å²) in [6, 6.07) is 9.30. The van der Waals surface area contributed by atoms with E-state index in [1.165, 1.54) is 32.2 Å². The van der Waals surface area contributed by atoms with Crippen LogP contribution in [0.1, 0.15) is 65.3 Å². The van der Waals surface area contributed by atoms with E-state index in [9.17, 15) is 19.1 Å². The van der Waals surface area contributed by atoms with Gasteiger partial charge in [0.25, 0.3) is 0 Å². The molecule has 34 heavy (non-hydrogen) atoms. The molecule has 2 aromatic heterocycles. The standard InChI is InChI=1S/C24H27FN4O5/c1-15(30)23-28-27-22(29(23)13-17-7-9-19(25)10-8-17)6-4-5-20-11-18(24(32)33-3)12-21(26-20)14-34-16(2)31/h7-12,15,30H,4-6,13-14H2,1-3H3. The Bertz CT molecular complexity index is 1140. The lowest BCUT2D eigenvalue weighted by molar-refractivity contribution is -0.142. The molecule has 0 spiro atoms. The maximum atomic E-state index is 13.3. The third kappa shape index (κ3) is 6.67. The monoisotopic (exact) mass is 470 g/mol. The lowest BCUT2D eigenvalue weighted by Crippen LogP contribution is -2.12. The number of aryl methyl sites for hydroxylation is 2. The number of halogens is 1. The lowest BCUT2D eigenvalue weighted by Gasteiger charge is -2.12. The molecule has 2 heterocycles. The lowest BCUT2D eigenvalue weighted by atomic mass is 10.1. The Balaban J connectivity index is 1.75. The van der Waals surface area contributed by atoms with Gasteiger partial charge >= 0.3 is 11.9 Å². The van der Waals surface area contributed by atoms with Crippen LogP contribution < -0.4 is 0 Å². The number of carbonyl (C=O) groups excluding carboxylic acids is 2. The van der Waals surface area contributed by atoms with Gasteiger partial charge in [0.2, 0.25) is 0 Å². The minimum atomic E-state index is -0.816. The van der Waals surface area contributed by atoms with Gasteiger partial charge in [0.05, 0.1) is 24.9 Å². The maximum Gasteiger partial charge on any atom is 0.337 e. The third-order valence-electron chi connectivity index (χ3n) is 5.09. The van der Waals surface area contributed by atoms with Gasteiger partial charge in [-0.05, 0) is 49.6 Å². The average Bonchev–Trinajstić information content (AvgIpc) is 3.21. The van der Waals surface area contributed by atoms with Crippen LogP contribution in [0.5, 0.6) is 0 Å². The largest absolute Gasteiger partial charge is 0.465 e. The molecule has 0 aliphatic carbocycles. The van der Waals surface area contributed by atoms with Gasteiger partial charge < -0.3 is 19.1 Å². The molecule has 1 unspecified atom stereocenters. The number of nitrogens with zero attached hydrogens (tertiary/aromatic N) is 4. The van der Waals surface area contributed by atoms with Crippen molar-refractivity contribution in [3.05, 3.63) is 76.4 Å². The van der Waals surface area contributed by atoms with Crippen molar-refractivity contribution in [3.8, 4) is 0 Å². The minimum absolute atomic E-state index is 0.0447. The van der Waals surface area contributed by atoms with Crippen LogP contribution in [-0.2, 0) is 40.3 Å². The van der Waals surface area contributed by atoms with Crippen molar-refractivity contribution in [2.75, 3.05) is 7.11 Å². The average molecular weight is 471 g/mol. The van der Waals surface area contributed by atoms with E-state index in [1.807, 2.05) is 4.57 Å². The number of pyridine rings is 1. The van der Waals surface area contributed by atoms with E-state index in [0.717, 1.165) is 5.56 Å². The van der Waals surface area contributed by atoms with Crippen molar-refractivity contribution in [1.29, 1.82) is 0 Å². The molecule has 1 atom stereocenters. The number of aliphatic hydroxyl groups excluding tert-OH is 1. The van der Waals surface area contributed by atoms with Crippen LogP contribution in [0.3, 0.4) is 0 Å². The van der Waals surface area contributed by atoms with Gasteiger partial charge in [-0.3, -0.25) is 9.78 Å². The first-order valence-corrected chi connectivity index (χ1v) is 10.8. The number of hydrogen-bond donors (Lipinski definition) is 1. The van der Waals surface area contributed by atoms with E-state index in [1.54, 1.807) is 25.1 Å². The number of esters is 2. The van der Waals surface area contributed by atoms with Gasteiger partial charge in [-0.15, -0.1) is 10.2 Å². The summed E-state index contributed by atoms with van der Waals surface area (Å²) in [5.41, 5.74) is 2.27. The molecule has 1 N–H and O–H groups in total. The molecule has 0 saturated carbocycles. The summed E-state index contributed by atoms with van der Waals surface area (Å²) < 4.78 is 24.9. The Hall–Kier alpha value is -3.66. The van der Waals surface area contributed by atoms with Crippen LogP contribution in [0.15, 0.2) is 36.4 Å². The van der Waals surface area contributed by atoms with Crippen LogP contribution >= 0.6 is 0 Å². The summed E-state index contributed by atoms with van der Waals surface area (Å²) >= 11 is 0. The first-order valence-electron chi connectivity index (χ1n) is 10.8. The smallest absolute Gasteiger partial charge is 0.337 e. The molecule has 0 saturated heterocycles. The molecule has 180 valence electrons. The Morgan fingerprint density at radius 2 is 1.82 bits per heavy atom. The highest BCUT2D eigenvalue weighted by Gasteiger charge is 2.17. The van der Waals surface area contributed by atoms with E-state index in [2.05, 4.69) is 15.2 Å². The van der Waals surface area contributed by atoms with Crippen LogP contribution in [0.25, 0.3) is 0 Å². The van der Waals surface area contributed by atoms with Crippen molar-refractivity contribution < 1.29 is 28.6 Å². The summed E-state index contributed by atoms with van der Waals surface area (Å²) in [7, 11) is 1.29. The van der Waals surface area contributed by atoms with E-state index in [0.29, 0.717) is 54.4 Å². The summed E-state index contributed by atoms with van der Waals surface area (Å²) in [5.74, 6) is -0.175. The van der Waals surface area contributed by atoms with E-state index < -0.39 is 18.0 Å². The predicted molar refractivity (Wildman–Crippen MR) is 119 cm³/mol. The highest BCUT2D eigenvalue weighted by molar-refractivity contribution is 5.89. The number of ether oxygens (including phenoxy) is 2. The number of aliphatic hydroxyl groups is 1. The predicted octanol–water partition coefficient (Wildman–Crippen LogP) is 2.94. The van der Waals surface area contributed by atoms with Crippen molar-refractivity contribution in [3.63, 3.8) is 0 Å². The van der Waals surface area contributed by atoms with Crippen molar-refractivity contribution in [1.82, 2.24) is 19.7 Å². The molecular weight excluding hydrogens is 443 g/mol. The van der Waals surface area contributed by atoms with Gasteiger partial charge in [-0.1, -0.05) is 12.1 Å². The Morgan fingerprint density at radius 1 is 1.12 bits per heavy atom. The van der Waals surface area contributed by atoms with Crippen LogP contribution in [0.4, 0.5) is 4.39 Å². The van der Waals surface area contributed by atoms with Gasteiger partial charge in [0, 0.05) is 19.0 Å². The molecule has 3 rings (SSSR count). The molecule has 0 radical (unpaired) electrons. The van der Waals surface area contributed by atoms with Crippen molar-refractivity contribution in [2.24, 2.45) is 0 Å². The number of hydrogen-bond acceptors (Lipinski definition) is 8. The number of aromatic nitrogens is 4. The van der Waals surface area contributed by atoms with Crippen LogP contribution in [0.2, 0.25) is 0 Å². The minimum Gasteiger partial charge on any atom is -0.465 e. The number of methoxy groups -OCH3 is 1. The molecule has 0 aliphatic rings. The molecule has 0 bridgehead atoms. The van der Waals surface area contributed by atoms with E-state index in [-0.39, 0.29) is 12.4 Å². The summed E-state index contributed by atoms with van der Waals surface area (Å²) in [6.07, 6.45) is 0.866. The fourth-order valence-electron chi connectivity index (χ4n) is 3.48. The van der Waals surface area contributed by atoms with Gasteiger partial charge in [0.15, 0.2) is 5.82 Å². The van der Waals surface area contributed by atoms with Gasteiger partial charge in [-0.25, -0.2) is 9.18 Å². The quantitative estimate of drug-likeness (QED) is 0.450.